The molecular formula is C14H25NO3. The number of ketones is 1. The van der Waals surface area contributed by atoms with Crippen molar-refractivity contribution in [1.29, 1.82) is 0 Å². The summed E-state index contributed by atoms with van der Waals surface area (Å²) in [5, 5.41) is 0. The van der Waals surface area contributed by atoms with Crippen LogP contribution in [0.2, 0.25) is 0 Å². The van der Waals surface area contributed by atoms with Crippen molar-refractivity contribution in [2.75, 3.05) is 13.1 Å². The number of carbonyl (C=O) groups is 2. The molecule has 0 N–H and O–H groups in total. The third-order valence-electron chi connectivity index (χ3n) is 3.48. The number of amides is 1. The Hall–Kier alpha value is -1.06. The zero-order valence-electron chi connectivity index (χ0n) is 12.2. The molecule has 1 aliphatic rings. The van der Waals surface area contributed by atoms with E-state index < -0.39 is 5.60 Å². The topological polar surface area (TPSA) is 46.6 Å². The number of ether oxygens (including phenoxy) is 1. The van der Waals surface area contributed by atoms with Gasteiger partial charge in [0.25, 0.3) is 0 Å². The van der Waals surface area contributed by atoms with Crippen molar-refractivity contribution in [3.05, 3.63) is 0 Å². The van der Waals surface area contributed by atoms with E-state index in [1.807, 2.05) is 20.8 Å². The summed E-state index contributed by atoms with van der Waals surface area (Å²) in [4.78, 5) is 25.5. The lowest BCUT2D eigenvalue weighted by molar-refractivity contribution is -0.126. The lowest BCUT2D eigenvalue weighted by Gasteiger charge is -2.27. The minimum Gasteiger partial charge on any atom is -0.444 e. The maximum absolute atomic E-state index is 12.0. The van der Waals surface area contributed by atoms with Crippen LogP contribution in [0, 0.1) is 5.41 Å². The van der Waals surface area contributed by atoms with Crippen LogP contribution >= 0.6 is 0 Å². The van der Waals surface area contributed by atoms with Crippen molar-refractivity contribution >= 4 is 11.9 Å². The molecule has 1 saturated heterocycles. The molecule has 0 aromatic heterocycles. The predicted octanol–water partition coefficient (Wildman–Crippen LogP) is 3.00. The van der Waals surface area contributed by atoms with Gasteiger partial charge in [-0.3, -0.25) is 4.79 Å². The molecule has 0 aromatic carbocycles. The summed E-state index contributed by atoms with van der Waals surface area (Å²) in [6, 6.07) is 0. The molecule has 104 valence electrons. The van der Waals surface area contributed by atoms with Crippen molar-refractivity contribution in [2.24, 2.45) is 5.41 Å². The first kappa shape index (κ1) is 15.0. The van der Waals surface area contributed by atoms with Crippen molar-refractivity contribution in [3.8, 4) is 0 Å². The van der Waals surface area contributed by atoms with Gasteiger partial charge in [-0.1, -0.05) is 13.3 Å². The van der Waals surface area contributed by atoms with E-state index in [2.05, 4.69) is 6.92 Å². The Balaban J connectivity index is 2.69. The minimum atomic E-state index is -0.483. The van der Waals surface area contributed by atoms with Gasteiger partial charge in [-0.15, -0.1) is 0 Å². The number of rotatable bonds is 3. The number of nitrogens with zero attached hydrogens (tertiary/aromatic N) is 1. The quantitative estimate of drug-likeness (QED) is 0.778. The van der Waals surface area contributed by atoms with E-state index in [4.69, 9.17) is 4.74 Å². The van der Waals surface area contributed by atoms with E-state index in [0.717, 1.165) is 19.3 Å². The van der Waals surface area contributed by atoms with E-state index in [9.17, 15) is 9.59 Å². The van der Waals surface area contributed by atoms with Gasteiger partial charge in [0, 0.05) is 18.5 Å². The molecule has 1 amide bonds. The Morgan fingerprint density at radius 1 is 1.33 bits per heavy atom. The van der Waals surface area contributed by atoms with Crippen LogP contribution in [0.3, 0.4) is 0 Å². The maximum atomic E-state index is 12.0. The molecule has 4 heteroatoms. The van der Waals surface area contributed by atoms with Gasteiger partial charge < -0.3 is 9.64 Å². The summed E-state index contributed by atoms with van der Waals surface area (Å²) in [7, 11) is 0. The minimum absolute atomic E-state index is 0.190. The average molecular weight is 255 g/mol. The van der Waals surface area contributed by atoms with E-state index >= 15 is 0 Å². The molecule has 1 aliphatic heterocycles. The highest BCUT2D eigenvalue weighted by molar-refractivity contribution is 5.84. The van der Waals surface area contributed by atoms with Crippen LogP contribution in [0.4, 0.5) is 4.79 Å². The third kappa shape index (κ3) is 3.47. The lowest BCUT2D eigenvalue weighted by atomic mass is 9.79. The van der Waals surface area contributed by atoms with Gasteiger partial charge in [0.1, 0.15) is 11.4 Å². The number of hydrogen-bond acceptors (Lipinski definition) is 3. The summed E-state index contributed by atoms with van der Waals surface area (Å²) < 4.78 is 5.35. The van der Waals surface area contributed by atoms with Gasteiger partial charge >= 0.3 is 6.09 Å². The second-order valence-corrected chi connectivity index (χ2v) is 6.24. The second kappa shape index (κ2) is 5.29. The van der Waals surface area contributed by atoms with E-state index in [-0.39, 0.29) is 17.3 Å². The molecule has 0 spiro atoms. The number of hydrogen-bond donors (Lipinski definition) is 0. The zero-order valence-corrected chi connectivity index (χ0v) is 12.2. The van der Waals surface area contributed by atoms with Crippen LogP contribution in [0.15, 0.2) is 0 Å². The fourth-order valence-corrected chi connectivity index (χ4v) is 2.50. The molecule has 1 fully saturated rings. The second-order valence-electron chi connectivity index (χ2n) is 6.24. The van der Waals surface area contributed by atoms with Crippen molar-refractivity contribution in [2.45, 2.75) is 59.5 Å². The Bertz CT molecular complexity index is 332. The molecule has 0 radical (unpaired) electrons. The van der Waals surface area contributed by atoms with Gasteiger partial charge in [-0.05, 0) is 40.5 Å². The smallest absolute Gasteiger partial charge is 0.410 e. The van der Waals surface area contributed by atoms with Gasteiger partial charge in [-0.25, -0.2) is 4.79 Å². The molecular weight excluding hydrogens is 230 g/mol. The largest absolute Gasteiger partial charge is 0.444 e. The number of Topliss-reactive ketones (excluding diaryl/α,β-unsaturated/α-hetero) is 1. The number of carbonyl (C=O) groups excluding carboxylic acids is 2. The van der Waals surface area contributed by atoms with Crippen molar-refractivity contribution in [1.82, 2.24) is 4.90 Å². The molecule has 0 saturated carbocycles. The molecule has 0 bridgehead atoms. The Kier molecular flexibility index (Phi) is 4.41. The van der Waals surface area contributed by atoms with Crippen molar-refractivity contribution < 1.29 is 14.3 Å². The van der Waals surface area contributed by atoms with Crippen LogP contribution in [0.25, 0.3) is 0 Å². The normalized spacial score (nSPS) is 24.2. The first-order chi connectivity index (χ1) is 8.20. The van der Waals surface area contributed by atoms with Crippen LogP contribution in [-0.2, 0) is 9.53 Å². The van der Waals surface area contributed by atoms with Gasteiger partial charge in [0.05, 0.1) is 0 Å². The van der Waals surface area contributed by atoms with Gasteiger partial charge in [-0.2, -0.15) is 0 Å². The lowest BCUT2D eigenvalue weighted by Crippen LogP contribution is -2.38. The number of likely N-dealkylation sites (tertiary alicyclic amines) is 1. The highest BCUT2D eigenvalue weighted by Crippen LogP contribution is 2.36. The average Bonchev–Trinajstić information content (AvgIpc) is 2.61. The molecule has 0 unspecified atom stereocenters. The van der Waals surface area contributed by atoms with E-state index in [1.54, 1.807) is 11.8 Å². The Morgan fingerprint density at radius 3 is 2.39 bits per heavy atom. The van der Waals surface area contributed by atoms with Crippen LogP contribution in [0.5, 0.6) is 0 Å². The van der Waals surface area contributed by atoms with Crippen LogP contribution in [-0.4, -0.2) is 35.5 Å². The molecule has 1 atom stereocenters. The predicted molar refractivity (Wildman–Crippen MR) is 70.4 cm³/mol. The van der Waals surface area contributed by atoms with Crippen LogP contribution in [0.1, 0.15) is 53.9 Å². The standard InChI is InChI=1S/C14H25NO3/c1-6-7-14(11(2)16)8-9-15(10-14)12(17)18-13(3,4)5/h6-10H2,1-5H3/t14-/m0/s1. The van der Waals surface area contributed by atoms with Gasteiger partial charge in [0.2, 0.25) is 0 Å². The van der Waals surface area contributed by atoms with Crippen LogP contribution < -0.4 is 0 Å². The summed E-state index contributed by atoms with van der Waals surface area (Å²) >= 11 is 0. The molecule has 18 heavy (non-hydrogen) atoms. The van der Waals surface area contributed by atoms with Gasteiger partial charge in [0.15, 0.2) is 0 Å². The van der Waals surface area contributed by atoms with Crippen molar-refractivity contribution in [3.63, 3.8) is 0 Å². The summed E-state index contributed by atoms with van der Waals surface area (Å²) in [5.74, 6) is 0.190. The zero-order chi connectivity index (χ0) is 14.0. The Morgan fingerprint density at radius 2 is 1.94 bits per heavy atom. The van der Waals surface area contributed by atoms with E-state index in [1.165, 1.54) is 0 Å². The first-order valence-electron chi connectivity index (χ1n) is 6.69. The summed E-state index contributed by atoms with van der Waals surface area (Å²) in [5.41, 5.74) is -0.824. The van der Waals surface area contributed by atoms with E-state index in [0.29, 0.717) is 13.1 Å². The third-order valence-corrected chi connectivity index (χ3v) is 3.48. The molecule has 4 nitrogen and oxygen atoms in total. The monoisotopic (exact) mass is 255 g/mol. The Labute approximate surface area is 110 Å². The molecule has 0 aliphatic carbocycles. The first-order valence-corrected chi connectivity index (χ1v) is 6.69. The summed E-state index contributed by atoms with van der Waals surface area (Å²) in [6.07, 6.45) is 2.26. The highest BCUT2D eigenvalue weighted by atomic mass is 16.6. The highest BCUT2D eigenvalue weighted by Gasteiger charge is 2.43. The molecule has 0 aromatic rings. The SMILES string of the molecule is CCC[C@]1(C(C)=O)CCN(C(=O)OC(C)(C)C)C1. The molecule has 1 rings (SSSR count). The fourth-order valence-electron chi connectivity index (χ4n) is 2.50. The fraction of sp³-hybridized carbons (Fsp3) is 0.857. The maximum Gasteiger partial charge on any atom is 0.410 e. The summed E-state index contributed by atoms with van der Waals surface area (Å²) in [6.45, 7) is 10.4. The molecule has 1 heterocycles.